The lowest BCUT2D eigenvalue weighted by Crippen LogP contribution is -2.45. The zero-order valence-corrected chi connectivity index (χ0v) is 52.8. The van der Waals surface area contributed by atoms with E-state index >= 15 is 0 Å². The molecule has 0 radical (unpaired) electrons. The largest absolute Gasteiger partial charge is 0.394 e. The van der Waals surface area contributed by atoms with Crippen LogP contribution in [0.2, 0.25) is 0 Å². The summed E-state index contributed by atoms with van der Waals surface area (Å²) in [5.41, 5.74) is 0. The molecule has 0 aromatic rings. The third-order valence-corrected chi connectivity index (χ3v) is 15.1. The third-order valence-electron chi connectivity index (χ3n) is 15.1. The van der Waals surface area contributed by atoms with Gasteiger partial charge in [0.1, 0.15) is 0 Å². The van der Waals surface area contributed by atoms with Gasteiger partial charge in [0, 0.05) is 6.42 Å². The van der Waals surface area contributed by atoms with Crippen LogP contribution in [0.25, 0.3) is 0 Å². The molecule has 4 nitrogen and oxygen atoms in total. The maximum absolute atomic E-state index is 12.5. The first kappa shape index (κ1) is 76.5. The van der Waals surface area contributed by atoms with Gasteiger partial charge in [-0.1, -0.05) is 340 Å². The van der Waals surface area contributed by atoms with Crippen molar-refractivity contribution >= 4 is 5.91 Å². The molecule has 3 N–H and O–H groups in total. The summed E-state index contributed by atoms with van der Waals surface area (Å²) in [7, 11) is 0. The van der Waals surface area contributed by atoms with Gasteiger partial charge >= 0.3 is 0 Å². The van der Waals surface area contributed by atoms with Crippen molar-refractivity contribution in [2.24, 2.45) is 0 Å². The summed E-state index contributed by atoms with van der Waals surface area (Å²) in [6.07, 6.45) is 108. The lowest BCUT2D eigenvalue weighted by molar-refractivity contribution is -0.123. The molecule has 80 heavy (non-hydrogen) atoms. The number of hydrogen-bond donors (Lipinski definition) is 3. The van der Waals surface area contributed by atoms with Crippen LogP contribution in [-0.4, -0.2) is 34.9 Å². The maximum Gasteiger partial charge on any atom is 0.220 e. The average molecular weight is 1110 g/mol. The fourth-order valence-electron chi connectivity index (χ4n) is 9.94. The van der Waals surface area contributed by atoms with E-state index in [9.17, 15) is 15.0 Å². The Balaban J connectivity index is 3.55. The summed E-state index contributed by atoms with van der Waals surface area (Å²) in [5, 5.41) is 23.2. The van der Waals surface area contributed by atoms with E-state index in [-0.39, 0.29) is 12.5 Å². The van der Waals surface area contributed by atoms with Gasteiger partial charge in [0.15, 0.2) is 0 Å². The monoisotopic (exact) mass is 1110 g/mol. The Morgan fingerprint density at radius 2 is 0.562 bits per heavy atom. The van der Waals surface area contributed by atoms with Crippen LogP contribution in [-0.2, 0) is 4.79 Å². The van der Waals surface area contributed by atoms with E-state index < -0.39 is 12.1 Å². The molecule has 0 rings (SSSR count). The van der Waals surface area contributed by atoms with Crippen molar-refractivity contribution in [3.05, 3.63) is 134 Å². The van der Waals surface area contributed by atoms with Crippen LogP contribution in [0.4, 0.5) is 0 Å². The predicted molar refractivity (Wildman–Crippen MR) is 359 cm³/mol. The summed E-state index contributed by atoms with van der Waals surface area (Å²) >= 11 is 0. The standard InChI is InChI=1S/C76H131NO3/c1-3-5-7-9-11-13-15-17-19-21-23-25-27-29-31-32-33-34-35-36-37-38-39-40-41-42-43-44-46-48-50-52-54-56-58-60-62-64-66-68-70-72-76(80)77-74(73-78)75(79)71-69-67-65-63-61-59-57-55-53-51-49-47-45-30-28-26-24-22-20-18-16-14-12-10-8-6-4-2/h5,7,11,13,17,19,23,25,29,31,33-34,36-37,39-40,53,55,61,63,69,71,74-75,78-79H,3-4,6,8-10,12,14-16,18,20-22,24,26-28,30,32,35,38,41-52,54,56-60,62,64-68,70,72-73H2,1-2H3,(H,77,80)/b7-5-,13-11-,19-17-,25-23-,31-29-,34-33-,37-36-,40-39-,55-53+,63-61+,71-69+. The Hall–Kier alpha value is -3.47. The van der Waals surface area contributed by atoms with Crippen LogP contribution >= 0.6 is 0 Å². The van der Waals surface area contributed by atoms with Crippen molar-refractivity contribution in [3.63, 3.8) is 0 Å². The van der Waals surface area contributed by atoms with Gasteiger partial charge in [0.2, 0.25) is 5.91 Å². The fraction of sp³-hybridized carbons (Fsp3) is 0.697. The summed E-state index contributed by atoms with van der Waals surface area (Å²) in [5.74, 6) is -0.0788. The van der Waals surface area contributed by atoms with E-state index in [0.29, 0.717) is 6.42 Å². The highest BCUT2D eigenvalue weighted by Crippen LogP contribution is 2.17. The van der Waals surface area contributed by atoms with Crippen LogP contribution in [0, 0.1) is 0 Å². The first-order chi connectivity index (χ1) is 39.7. The third kappa shape index (κ3) is 65.3. The van der Waals surface area contributed by atoms with Gasteiger partial charge in [-0.05, 0) is 109 Å². The number of aliphatic hydroxyl groups excluding tert-OH is 2. The molecular formula is C76H131NO3. The van der Waals surface area contributed by atoms with Crippen molar-refractivity contribution in [2.45, 2.75) is 334 Å². The normalized spacial score (nSPS) is 13.6. The highest BCUT2D eigenvalue weighted by Gasteiger charge is 2.18. The highest BCUT2D eigenvalue weighted by atomic mass is 16.3. The van der Waals surface area contributed by atoms with E-state index in [1.54, 1.807) is 6.08 Å². The van der Waals surface area contributed by atoms with Crippen LogP contribution in [0.15, 0.2) is 134 Å². The molecule has 0 aromatic carbocycles. The van der Waals surface area contributed by atoms with Gasteiger partial charge in [-0.3, -0.25) is 4.79 Å². The first-order valence-electron chi connectivity index (χ1n) is 34.4. The van der Waals surface area contributed by atoms with Crippen molar-refractivity contribution in [1.82, 2.24) is 5.32 Å². The predicted octanol–water partition coefficient (Wildman–Crippen LogP) is 23.7. The Kier molecular flexibility index (Phi) is 66.8. The van der Waals surface area contributed by atoms with Gasteiger partial charge in [0.05, 0.1) is 18.8 Å². The Morgan fingerprint density at radius 3 is 0.875 bits per heavy atom. The molecule has 0 bridgehead atoms. The Labute approximate surface area is 498 Å². The molecule has 4 heteroatoms. The molecule has 0 spiro atoms. The lowest BCUT2D eigenvalue weighted by atomic mass is 10.0. The SMILES string of the molecule is CC/C=C\C/C=C\C/C=C\C/C=C\C/C=C\C/C=C\C/C=C\C/C=C\CCCCCCCCCCCCCCCCCCC(=O)NC(CO)C(O)/C=C/CC/C=C/CC/C=C/CCCCCCCCCCCCCCCCCCC. The number of rotatable bonds is 62. The highest BCUT2D eigenvalue weighted by molar-refractivity contribution is 5.76. The smallest absolute Gasteiger partial charge is 0.220 e. The van der Waals surface area contributed by atoms with E-state index in [1.165, 1.54) is 212 Å². The van der Waals surface area contributed by atoms with Gasteiger partial charge < -0.3 is 15.5 Å². The number of carbonyl (C=O) groups excluding carboxylic acids is 1. The van der Waals surface area contributed by atoms with Crippen LogP contribution in [0.3, 0.4) is 0 Å². The van der Waals surface area contributed by atoms with Crippen LogP contribution in [0.1, 0.15) is 322 Å². The molecule has 0 fully saturated rings. The zero-order chi connectivity index (χ0) is 57.6. The topological polar surface area (TPSA) is 69.6 Å². The Morgan fingerprint density at radius 1 is 0.312 bits per heavy atom. The van der Waals surface area contributed by atoms with Crippen molar-refractivity contribution in [1.29, 1.82) is 0 Å². The molecule has 2 atom stereocenters. The molecule has 0 aliphatic rings. The minimum Gasteiger partial charge on any atom is -0.394 e. The summed E-state index contributed by atoms with van der Waals surface area (Å²) < 4.78 is 0. The quantitative estimate of drug-likeness (QED) is 0.0420. The minimum atomic E-state index is -0.879. The molecule has 0 saturated heterocycles. The Bertz CT molecular complexity index is 1590. The van der Waals surface area contributed by atoms with E-state index in [2.05, 4.69) is 141 Å². The van der Waals surface area contributed by atoms with E-state index in [1.807, 2.05) is 6.08 Å². The minimum absolute atomic E-state index is 0.0788. The van der Waals surface area contributed by atoms with Gasteiger partial charge in [-0.15, -0.1) is 0 Å². The van der Waals surface area contributed by atoms with Crippen LogP contribution in [0.5, 0.6) is 0 Å². The summed E-state index contributed by atoms with van der Waals surface area (Å²) in [6, 6.07) is -0.654. The van der Waals surface area contributed by atoms with Crippen LogP contribution < -0.4 is 5.32 Å². The summed E-state index contributed by atoms with van der Waals surface area (Å²) in [4.78, 5) is 12.5. The van der Waals surface area contributed by atoms with Crippen molar-refractivity contribution in [3.8, 4) is 0 Å². The molecular weight excluding hydrogens is 975 g/mol. The zero-order valence-electron chi connectivity index (χ0n) is 52.8. The van der Waals surface area contributed by atoms with Gasteiger partial charge in [0.25, 0.3) is 0 Å². The number of amides is 1. The number of carbonyl (C=O) groups is 1. The molecule has 0 aliphatic heterocycles. The second kappa shape index (κ2) is 69.8. The number of nitrogens with one attached hydrogen (secondary N) is 1. The number of hydrogen-bond acceptors (Lipinski definition) is 3. The number of aliphatic hydroxyl groups is 2. The maximum atomic E-state index is 12.5. The van der Waals surface area contributed by atoms with Gasteiger partial charge in [-0.2, -0.15) is 0 Å². The fourth-order valence-corrected chi connectivity index (χ4v) is 9.94. The first-order valence-corrected chi connectivity index (χ1v) is 34.4. The molecule has 0 aliphatic carbocycles. The molecule has 0 aromatic heterocycles. The van der Waals surface area contributed by atoms with E-state index in [4.69, 9.17) is 0 Å². The molecule has 2 unspecified atom stereocenters. The summed E-state index contributed by atoms with van der Waals surface area (Å²) in [6.45, 7) is 4.20. The van der Waals surface area contributed by atoms with Crippen molar-refractivity contribution < 1.29 is 15.0 Å². The average Bonchev–Trinajstić information content (AvgIpc) is 3.46. The molecule has 458 valence electrons. The number of unbranched alkanes of at least 4 members (excludes halogenated alkanes) is 35. The second-order valence-electron chi connectivity index (χ2n) is 22.8. The van der Waals surface area contributed by atoms with Crippen molar-refractivity contribution in [2.75, 3.05) is 6.61 Å². The lowest BCUT2D eigenvalue weighted by Gasteiger charge is -2.19. The molecule has 1 amide bonds. The molecule has 0 saturated carbocycles. The second-order valence-corrected chi connectivity index (χ2v) is 22.8. The molecule has 0 heterocycles. The number of allylic oxidation sites excluding steroid dienone is 21. The van der Waals surface area contributed by atoms with Gasteiger partial charge in [-0.25, -0.2) is 0 Å². The van der Waals surface area contributed by atoms with E-state index in [0.717, 1.165) is 89.9 Å².